The van der Waals surface area contributed by atoms with E-state index in [-0.39, 0.29) is 0 Å². The van der Waals surface area contributed by atoms with E-state index in [0.29, 0.717) is 18.0 Å². The van der Waals surface area contributed by atoms with Gasteiger partial charge in [0, 0.05) is 13.1 Å². The van der Waals surface area contributed by atoms with Crippen LogP contribution in [0, 0.1) is 0 Å². The van der Waals surface area contributed by atoms with Gasteiger partial charge in [0.1, 0.15) is 0 Å². The summed E-state index contributed by atoms with van der Waals surface area (Å²) in [7, 11) is -4.16. The van der Waals surface area contributed by atoms with Crippen LogP contribution < -0.4 is 15.9 Å². The van der Waals surface area contributed by atoms with Gasteiger partial charge in [0.25, 0.3) is 0 Å². The number of nitrogens with zero attached hydrogens (tertiary/aromatic N) is 1. The van der Waals surface area contributed by atoms with E-state index in [1.165, 1.54) is 14.9 Å². The number of hydrogen-bond acceptors (Lipinski definition) is 2. The number of sulfonamides is 1. The minimum absolute atomic E-state index is 0.353. The van der Waals surface area contributed by atoms with Gasteiger partial charge in [0.2, 0.25) is 10.0 Å². The Morgan fingerprint density at radius 3 is 1.48 bits per heavy atom. The Bertz CT molecular complexity index is 915. The second-order valence-electron chi connectivity index (χ2n) is 6.09. The van der Waals surface area contributed by atoms with Gasteiger partial charge in [-0.2, -0.15) is 4.31 Å². The first-order valence-corrected chi connectivity index (χ1v) is 11.9. The number of hydrogen-bond donors (Lipinski definition) is 0. The first-order chi connectivity index (χ1) is 13.1. The van der Waals surface area contributed by atoms with Crippen LogP contribution in [0.25, 0.3) is 0 Å². The molecule has 3 rings (SSSR count). The Morgan fingerprint density at radius 2 is 1.07 bits per heavy atom. The van der Waals surface area contributed by atoms with Crippen LogP contribution in [0.15, 0.2) is 89.8 Å². The highest BCUT2D eigenvalue weighted by Crippen LogP contribution is 2.33. The van der Waals surface area contributed by atoms with Crippen molar-refractivity contribution in [3.8, 4) is 0 Å². The maximum atomic E-state index is 12.7. The van der Waals surface area contributed by atoms with E-state index in [1.807, 2.05) is 62.4 Å². The van der Waals surface area contributed by atoms with E-state index in [4.69, 9.17) is 0 Å². The van der Waals surface area contributed by atoms with Crippen LogP contribution in [-0.2, 0) is 10.0 Å². The smallest absolute Gasteiger partial charge is 0.207 e. The maximum Gasteiger partial charge on any atom is 0.243 e. The van der Waals surface area contributed by atoms with Crippen molar-refractivity contribution in [2.75, 3.05) is 13.1 Å². The average molecular weight is 397 g/mol. The molecule has 0 saturated carbocycles. The summed E-state index contributed by atoms with van der Waals surface area (Å²) in [5.41, 5.74) is 0. The highest BCUT2D eigenvalue weighted by Gasteiger charge is 2.22. The highest BCUT2D eigenvalue weighted by atomic mass is 32.2. The summed E-state index contributed by atoms with van der Waals surface area (Å²) in [5, 5.41) is 3.64. The average Bonchev–Trinajstić information content (AvgIpc) is 2.71. The molecule has 0 aliphatic rings. The Morgan fingerprint density at radius 1 is 0.667 bits per heavy atom. The topological polar surface area (TPSA) is 37.4 Å². The second-order valence-corrected chi connectivity index (χ2v) is 10.2. The standard InChI is InChI=1S/C22H24NO2PS/c1-3-23(4-2)27(24,25)22-17-15-21(16-18-22)26(19-11-7-5-8-12-19)20-13-9-6-10-14-20/h5-18H,3-4H2,1-2H3. The Kier molecular flexibility index (Phi) is 6.43. The Labute approximate surface area is 163 Å². The minimum Gasteiger partial charge on any atom is -0.207 e. The zero-order chi connectivity index (χ0) is 19.3. The van der Waals surface area contributed by atoms with Crippen LogP contribution in [0.4, 0.5) is 0 Å². The van der Waals surface area contributed by atoms with Crippen molar-refractivity contribution in [2.24, 2.45) is 0 Å². The van der Waals surface area contributed by atoms with Crippen molar-refractivity contribution >= 4 is 33.9 Å². The van der Waals surface area contributed by atoms with Crippen molar-refractivity contribution in [2.45, 2.75) is 18.7 Å². The molecule has 5 heteroatoms. The van der Waals surface area contributed by atoms with E-state index in [2.05, 4.69) is 24.3 Å². The zero-order valence-corrected chi connectivity index (χ0v) is 17.3. The van der Waals surface area contributed by atoms with Gasteiger partial charge in [0.05, 0.1) is 4.90 Å². The lowest BCUT2D eigenvalue weighted by atomic mass is 10.3. The summed E-state index contributed by atoms with van der Waals surface area (Å²) in [6.45, 7) is 4.67. The molecule has 27 heavy (non-hydrogen) atoms. The minimum atomic E-state index is -3.43. The van der Waals surface area contributed by atoms with Gasteiger partial charge in [0.15, 0.2) is 0 Å². The van der Waals surface area contributed by atoms with Gasteiger partial charge in [-0.15, -0.1) is 0 Å². The highest BCUT2D eigenvalue weighted by molar-refractivity contribution is 7.89. The summed E-state index contributed by atoms with van der Waals surface area (Å²) in [4.78, 5) is 0.353. The first kappa shape index (κ1) is 19.8. The third-order valence-electron chi connectivity index (χ3n) is 4.47. The lowest BCUT2D eigenvalue weighted by molar-refractivity contribution is 0.445. The molecule has 0 atom stereocenters. The number of rotatable bonds is 7. The summed E-state index contributed by atoms with van der Waals surface area (Å²) < 4.78 is 27.0. The monoisotopic (exact) mass is 397 g/mol. The van der Waals surface area contributed by atoms with Crippen LogP contribution in [0.2, 0.25) is 0 Å². The third kappa shape index (κ3) is 4.30. The van der Waals surface area contributed by atoms with Gasteiger partial charge in [-0.3, -0.25) is 0 Å². The molecule has 0 heterocycles. The zero-order valence-electron chi connectivity index (χ0n) is 15.6. The SMILES string of the molecule is CCN(CC)S(=O)(=O)c1ccc(P(c2ccccc2)c2ccccc2)cc1. The molecule has 0 bridgehead atoms. The van der Waals surface area contributed by atoms with Crippen molar-refractivity contribution in [3.63, 3.8) is 0 Å². The molecule has 0 N–H and O–H groups in total. The summed E-state index contributed by atoms with van der Waals surface area (Å²) in [6.07, 6.45) is 0. The fraction of sp³-hybridized carbons (Fsp3) is 0.182. The summed E-state index contributed by atoms with van der Waals surface area (Å²) >= 11 is 0. The Hall–Kier alpha value is -2.00. The second kappa shape index (κ2) is 8.79. The van der Waals surface area contributed by atoms with E-state index < -0.39 is 17.9 Å². The number of benzene rings is 3. The van der Waals surface area contributed by atoms with Gasteiger partial charge in [-0.25, -0.2) is 8.42 Å². The van der Waals surface area contributed by atoms with Crippen molar-refractivity contribution in [1.82, 2.24) is 4.31 Å². The molecular formula is C22H24NO2PS. The molecule has 0 saturated heterocycles. The fourth-order valence-corrected chi connectivity index (χ4v) is 6.82. The van der Waals surface area contributed by atoms with Crippen molar-refractivity contribution in [1.29, 1.82) is 0 Å². The van der Waals surface area contributed by atoms with Gasteiger partial charge >= 0.3 is 0 Å². The molecular weight excluding hydrogens is 373 g/mol. The predicted octanol–water partition coefficient (Wildman–Crippen LogP) is 3.48. The third-order valence-corrected chi connectivity index (χ3v) is 8.97. The van der Waals surface area contributed by atoms with E-state index in [1.54, 1.807) is 12.1 Å². The maximum absolute atomic E-state index is 12.7. The molecule has 0 aliphatic carbocycles. The van der Waals surface area contributed by atoms with Gasteiger partial charge < -0.3 is 0 Å². The quantitative estimate of drug-likeness (QED) is 0.573. The summed E-state index contributed by atoms with van der Waals surface area (Å²) in [6, 6.07) is 28.2. The molecule has 0 radical (unpaired) electrons. The summed E-state index contributed by atoms with van der Waals surface area (Å²) in [5.74, 6) is 0. The van der Waals surface area contributed by atoms with Gasteiger partial charge in [-0.1, -0.05) is 86.6 Å². The van der Waals surface area contributed by atoms with Crippen molar-refractivity contribution < 1.29 is 8.42 Å². The van der Waals surface area contributed by atoms with E-state index in [0.717, 1.165) is 5.30 Å². The van der Waals surface area contributed by atoms with Gasteiger partial charge in [-0.05, 0) is 36.0 Å². The van der Waals surface area contributed by atoms with Crippen LogP contribution >= 0.6 is 7.92 Å². The molecule has 0 unspecified atom stereocenters. The normalized spacial score (nSPS) is 11.9. The van der Waals surface area contributed by atoms with Crippen LogP contribution in [-0.4, -0.2) is 25.8 Å². The van der Waals surface area contributed by atoms with Crippen LogP contribution in [0.5, 0.6) is 0 Å². The lowest BCUT2D eigenvalue weighted by Crippen LogP contribution is -2.30. The molecule has 0 amide bonds. The Balaban J connectivity index is 2.02. The van der Waals surface area contributed by atoms with E-state index in [9.17, 15) is 8.42 Å². The molecule has 140 valence electrons. The predicted molar refractivity (Wildman–Crippen MR) is 115 cm³/mol. The molecule has 0 aromatic heterocycles. The molecule has 0 aliphatic heterocycles. The largest absolute Gasteiger partial charge is 0.243 e. The van der Waals surface area contributed by atoms with Crippen LogP contribution in [0.3, 0.4) is 0 Å². The molecule has 3 aromatic rings. The molecule has 3 nitrogen and oxygen atoms in total. The molecule has 3 aromatic carbocycles. The molecule has 0 spiro atoms. The fourth-order valence-electron chi connectivity index (χ4n) is 3.08. The lowest BCUT2D eigenvalue weighted by Gasteiger charge is -2.21. The molecule has 0 fully saturated rings. The van der Waals surface area contributed by atoms with Crippen molar-refractivity contribution in [3.05, 3.63) is 84.9 Å². The first-order valence-electron chi connectivity index (χ1n) is 9.08. The van der Waals surface area contributed by atoms with E-state index >= 15 is 0 Å². The van der Waals surface area contributed by atoms with Crippen LogP contribution in [0.1, 0.15) is 13.8 Å².